The maximum atomic E-state index is 12.7. The van der Waals surface area contributed by atoms with Gasteiger partial charge in [-0.15, -0.1) is 0 Å². The van der Waals surface area contributed by atoms with E-state index in [1.807, 2.05) is 0 Å². The monoisotopic (exact) mass is 350 g/mol. The number of nitrogens with zero attached hydrogens (tertiary/aromatic N) is 2. The summed E-state index contributed by atoms with van der Waals surface area (Å²) in [5.41, 5.74) is 5.79. The average molecular weight is 350 g/mol. The molecule has 8 nitrogen and oxygen atoms in total. The first-order valence-electron chi connectivity index (χ1n) is 7.97. The molecule has 8 heteroatoms. The molecule has 130 valence electrons. The van der Waals surface area contributed by atoms with Gasteiger partial charge in [0.2, 0.25) is 0 Å². The van der Waals surface area contributed by atoms with Gasteiger partial charge < -0.3 is 0 Å². The first kappa shape index (κ1) is 15.8. The topological polar surface area (TPSA) is 98.8 Å². The molecule has 2 aromatic carbocycles. The van der Waals surface area contributed by atoms with E-state index in [0.717, 1.165) is 10.0 Å². The lowest BCUT2D eigenvalue weighted by Crippen LogP contribution is -2.38. The zero-order valence-electron chi connectivity index (χ0n) is 13.5. The fourth-order valence-electron chi connectivity index (χ4n) is 3.10. The van der Waals surface area contributed by atoms with Crippen molar-refractivity contribution in [2.45, 2.75) is 0 Å². The molecule has 2 saturated heterocycles. The molecule has 4 rings (SSSR count). The predicted octanol–water partition coefficient (Wildman–Crippen LogP) is 0.375. The Morgan fingerprint density at radius 2 is 0.923 bits per heavy atom. The molecule has 2 atom stereocenters. The van der Waals surface area contributed by atoms with Gasteiger partial charge in [-0.05, 0) is 24.3 Å². The second-order valence-corrected chi connectivity index (χ2v) is 5.93. The Balaban J connectivity index is 1.63. The summed E-state index contributed by atoms with van der Waals surface area (Å²) < 4.78 is 0. The number of carbonyl (C=O) groups is 4. The van der Waals surface area contributed by atoms with Crippen LogP contribution in [0.5, 0.6) is 0 Å². The number of nitrogens with one attached hydrogen (secondary N) is 2. The summed E-state index contributed by atoms with van der Waals surface area (Å²) in [6, 6.07) is 17.0. The van der Waals surface area contributed by atoms with E-state index >= 15 is 0 Å². The van der Waals surface area contributed by atoms with Crippen molar-refractivity contribution in [2.24, 2.45) is 11.8 Å². The molecule has 0 bridgehead atoms. The van der Waals surface area contributed by atoms with Crippen LogP contribution < -0.4 is 20.9 Å². The van der Waals surface area contributed by atoms with Crippen molar-refractivity contribution in [3.8, 4) is 0 Å². The van der Waals surface area contributed by atoms with Gasteiger partial charge >= 0.3 is 0 Å². The number of rotatable bonds is 3. The molecular weight excluding hydrogens is 336 g/mol. The van der Waals surface area contributed by atoms with E-state index in [2.05, 4.69) is 10.9 Å². The summed E-state index contributed by atoms with van der Waals surface area (Å²) in [5, 5.41) is 2.14. The summed E-state index contributed by atoms with van der Waals surface area (Å²) in [5.74, 6) is -5.44. The highest BCUT2D eigenvalue weighted by molar-refractivity contribution is 6.24. The molecule has 0 aliphatic carbocycles. The summed E-state index contributed by atoms with van der Waals surface area (Å²) in [4.78, 5) is 50.2. The van der Waals surface area contributed by atoms with E-state index in [-0.39, 0.29) is 0 Å². The molecule has 2 unspecified atom stereocenters. The minimum absolute atomic E-state index is 0.458. The van der Waals surface area contributed by atoms with Crippen LogP contribution in [0.25, 0.3) is 0 Å². The maximum absolute atomic E-state index is 12.7. The Morgan fingerprint density at radius 1 is 0.577 bits per heavy atom. The number of carbonyl (C=O) groups excluding carboxylic acids is 4. The van der Waals surface area contributed by atoms with Crippen LogP contribution in [0.15, 0.2) is 60.7 Å². The number of hydrogen-bond donors (Lipinski definition) is 2. The second kappa shape index (κ2) is 5.99. The number of amides is 4. The van der Waals surface area contributed by atoms with E-state index in [1.54, 1.807) is 60.7 Å². The first-order chi connectivity index (χ1) is 12.6. The van der Waals surface area contributed by atoms with Gasteiger partial charge in [0, 0.05) is 0 Å². The van der Waals surface area contributed by atoms with Gasteiger partial charge in [0.25, 0.3) is 23.6 Å². The molecule has 0 saturated carbocycles. The van der Waals surface area contributed by atoms with Gasteiger partial charge in [-0.25, -0.2) is 10.0 Å². The van der Waals surface area contributed by atoms with Gasteiger partial charge in [0.1, 0.15) is 11.8 Å². The summed E-state index contributed by atoms with van der Waals surface area (Å²) in [6.07, 6.45) is 0. The molecule has 2 heterocycles. The van der Waals surface area contributed by atoms with Crippen LogP contribution >= 0.6 is 0 Å². The Hall–Kier alpha value is -3.68. The van der Waals surface area contributed by atoms with Crippen LogP contribution in [-0.4, -0.2) is 23.6 Å². The standard InChI is InChI=1S/C18H14N4O4/c23-15-13(17(25)21(19-15)11-7-3-1-4-8-11)14-16(24)20-22(18(14)26)12-9-5-2-6-10-12/h1-10,13-14H,(H,19,23)(H,20,24). The highest BCUT2D eigenvalue weighted by atomic mass is 16.2. The highest BCUT2D eigenvalue weighted by Crippen LogP contribution is 2.30. The smallest absolute Gasteiger partial charge is 0.259 e. The largest absolute Gasteiger partial charge is 0.272 e. The first-order valence-corrected chi connectivity index (χ1v) is 7.97. The van der Waals surface area contributed by atoms with Crippen molar-refractivity contribution >= 4 is 35.0 Å². The Morgan fingerprint density at radius 3 is 1.27 bits per heavy atom. The van der Waals surface area contributed by atoms with Crippen LogP contribution in [0.1, 0.15) is 0 Å². The molecule has 2 aromatic rings. The Labute approximate surface area is 148 Å². The fraction of sp³-hybridized carbons (Fsp3) is 0.111. The minimum Gasteiger partial charge on any atom is -0.272 e. The normalized spacial score (nSPS) is 22.6. The van der Waals surface area contributed by atoms with E-state index in [0.29, 0.717) is 11.4 Å². The molecule has 0 aromatic heterocycles. The molecule has 2 aliphatic heterocycles. The zero-order chi connectivity index (χ0) is 18.3. The van der Waals surface area contributed by atoms with E-state index in [9.17, 15) is 19.2 Å². The van der Waals surface area contributed by atoms with E-state index < -0.39 is 35.5 Å². The van der Waals surface area contributed by atoms with Crippen LogP contribution in [0, 0.1) is 11.8 Å². The second-order valence-electron chi connectivity index (χ2n) is 5.93. The van der Waals surface area contributed by atoms with Gasteiger partial charge in [-0.2, -0.15) is 0 Å². The third kappa shape index (κ3) is 2.39. The number of hydrogen-bond acceptors (Lipinski definition) is 4. The molecule has 2 fully saturated rings. The quantitative estimate of drug-likeness (QED) is 0.782. The van der Waals surface area contributed by atoms with Crippen molar-refractivity contribution in [2.75, 3.05) is 10.0 Å². The average Bonchev–Trinajstić information content (AvgIpc) is 3.12. The maximum Gasteiger partial charge on any atom is 0.259 e. The third-order valence-electron chi connectivity index (χ3n) is 4.34. The number of anilines is 2. The molecule has 0 spiro atoms. The van der Waals surface area contributed by atoms with Gasteiger partial charge in [-0.1, -0.05) is 36.4 Å². The lowest BCUT2D eigenvalue weighted by atomic mass is 9.91. The molecule has 2 N–H and O–H groups in total. The lowest BCUT2D eigenvalue weighted by Gasteiger charge is -2.16. The Bertz CT molecular complexity index is 824. The van der Waals surface area contributed by atoms with Gasteiger partial charge in [-0.3, -0.25) is 30.0 Å². The molecule has 0 radical (unpaired) electrons. The Kier molecular flexibility index (Phi) is 3.65. The highest BCUT2D eigenvalue weighted by Gasteiger charge is 2.55. The van der Waals surface area contributed by atoms with Crippen LogP contribution in [0.4, 0.5) is 11.4 Å². The summed E-state index contributed by atoms with van der Waals surface area (Å²) in [7, 11) is 0. The summed E-state index contributed by atoms with van der Waals surface area (Å²) in [6.45, 7) is 0. The van der Waals surface area contributed by atoms with Crippen LogP contribution in [0.3, 0.4) is 0 Å². The number of para-hydroxylation sites is 2. The number of hydrazine groups is 2. The van der Waals surface area contributed by atoms with Crippen LogP contribution in [0.2, 0.25) is 0 Å². The summed E-state index contributed by atoms with van der Waals surface area (Å²) >= 11 is 0. The molecular formula is C18H14N4O4. The minimum atomic E-state index is -1.41. The lowest BCUT2D eigenvalue weighted by molar-refractivity contribution is -0.140. The molecule has 26 heavy (non-hydrogen) atoms. The fourth-order valence-corrected chi connectivity index (χ4v) is 3.10. The molecule has 2 aliphatic rings. The van der Waals surface area contributed by atoms with Crippen molar-refractivity contribution < 1.29 is 19.2 Å². The van der Waals surface area contributed by atoms with Crippen molar-refractivity contribution in [1.29, 1.82) is 0 Å². The van der Waals surface area contributed by atoms with Gasteiger partial charge in [0.05, 0.1) is 11.4 Å². The molecule has 4 amide bonds. The van der Waals surface area contributed by atoms with Crippen molar-refractivity contribution in [1.82, 2.24) is 10.9 Å². The third-order valence-corrected chi connectivity index (χ3v) is 4.34. The zero-order valence-corrected chi connectivity index (χ0v) is 13.5. The van der Waals surface area contributed by atoms with Crippen LogP contribution in [-0.2, 0) is 19.2 Å². The van der Waals surface area contributed by atoms with E-state index in [4.69, 9.17) is 0 Å². The van der Waals surface area contributed by atoms with Crippen molar-refractivity contribution in [3.63, 3.8) is 0 Å². The van der Waals surface area contributed by atoms with Gasteiger partial charge in [0.15, 0.2) is 0 Å². The van der Waals surface area contributed by atoms with E-state index in [1.165, 1.54) is 0 Å². The predicted molar refractivity (Wildman–Crippen MR) is 91.1 cm³/mol. The SMILES string of the molecule is O=C1NN(c2ccccc2)C(=O)C1C1C(=O)NN(c2ccccc2)C1=O. The number of benzene rings is 2. The van der Waals surface area contributed by atoms with Crippen molar-refractivity contribution in [3.05, 3.63) is 60.7 Å².